The number of nitrogens with zero attached hydrogens (tertiary/aromatic N) is 1. The lowest BCUT2D eigenvalue weighted by Crippen LogP contribution is -2.12. The Hall–Kier alpha value is -1.30. The number of hydrogen-bond donors (Lipinski definition) is 2. The minimum atomic E-state index is -3.83. The number of benzene rings is 1. The van der Waals surface area contributed by atoms with Crippen LogP contribution in [0.5, 0.6) is 0 Å². The van der Waals surface area contributed by atoms with Crippen molar-refractivity contribution in [2.45, 2.75) is 4.90 Å². The van der Waals surface area contributed by atoms with Crippen LogP contribution in [0.4, 0.5) is 5.13 Å². The molecule has 0 aliphatic heterocycles. The Kier molecular flexibility index (Phi) is 5.08. The first-order chi connectivity index (χ1) is 9.90. The van der Waals surface area contributed by atoms with E-state index >= 15 is 0 Å². The van der Waals surface area contributed by atoms with Crippen LogP contribution in [-0.2, 0) is 10.0 Å². The molecule has 5 nitrogen and oxygen atoms in total. The number of sulfonamides is 1. The van der Waals surface area contributed by atoms with Crippen LogP contribution in [0.1, 0.15) is 4.88 Å². The van der Waals surface area contributed by atoms with Crippen LogP contribution in [-0.4, -0.2) is 25.1 Å². The molecule has 1 aromatic heterocycles. The second-order valence-electron chi connectivity index (χ2n) is 3.70. The summed E-state index contributed by atoms with van der Waals surface area (Å²) < 4.78 is 26.7. The van der Waals surface area contributed by atoms with Crippen LogP contribution < -0.4 is 4.72 Å². The zero-order valence-electron chi connectivity index (χ0n) is 10.3. The van der Waals surface area contributed by atoms with Crippen LogP contribution >= 0.6 is 34.5 Å². The first kappa shape index (κ1) is 16.1. The number of aliphatic hydroxyl groups excluding tert-OH is 1. The van der Waals surface area contributed by atoms with Gasteiger partial charge in [-0.3, -0.25) is 4.72 Å². The van der Waals surface area contributed by atoms with Crippen molar-refractivity contribution in [2.24, 2.45) is 0 Å². The molecule has 0 fully saturated rings. The van der Waals surface area contributed by atoms with Crippen molar-refractivity contribution in [2.75, 3.05) is 11.3 Å². The topological polar surface area (TPSA) is 79.3 Å². The largest absolute Gasteiger partial charge is 0.384 e. The molecule has 1 heterocycles. The quantitative estimate of drug-likeness (QED) is 0.822. The highest BCUT2D eigenvalue weighted by atomic mass is 35.5. The summed E-state index contributed by atoms with van der Waals surface area (Å²) in [5.74, 6) is 5.09. The summed E-state index contributed by atoms with van der Waals surface area (Å²) in [6.45, 7) is -0.278. The fourth-order valence-electron chi connectivity index (χ4n) is 1.36. The van der Waals surface area contributed by atoms with Gasteiger partial charge in [-0.1, -0.05) is 46.4 Å². The molecule has 2 N–H and O–H groups in total. The molecule has 0 aliphatic rings. The molecule has 9 heteroatoms. The summed E-state index contributed by atoms with van der Waals surface area (Å²) >= 11 is 12.6. The second kappa shape index (κ2) is 6.64. The van der Waals surface area contributed by atoms with Gasteiger partial charge in [0.2, 0.25) is 0 Å². The maximum atomic E-state index is 12.2. The standard InChI is InChI=1S/C12H8Cl2N2O3S2/c13-8-4-9(14)6-11(5-8)21(18,19)16-12-15-7-10(20-12)2-1-3-17/h4-7,17H,3H2,(H,15,16). The molecule has 2 rings (SSSR count). The van der Waals surface area contributed by atoms with E-state index in [0.29, 0.717) is 4.88 Å². The summed E-state index contributed by atoms with van der Waals surface area (Å²) in [6.07, 6.45) is 1.41. The molecule has 0 radical (unpaired) electrons. The normalized spacial score (nSPS) is 10.8. The van der Waals surface area contributed by atoms with Gasteiger partial charge in [-0.2, -0.15) is 0 Å². The fourth-order valence-corrected chi connectivity index (χ4v) is 4.02. The van der Waals surface area contributed by atoms with Gasteiger partial charge in [-0.25, -0.2) is 13.4 Å². The number of rotatable bonds is 3. The maximum Gasteiger partial charge on any atom is 0.263 e. The van der Waals surface area contributed by atoms with Crippen molar-refractivity contribution < 1.29 is 13.5 Å². The van der Waals surface area contributed by atoms with E-state index in [1.54, 1.807) is 0 Å². The number of halogens is 2. The highest BCUT2D eigenvalue weighted by molar-refractivity contribution is 7.93. The van der Waals surface area contributed by atoms with E-state index in [-0.39, 0.29) is 26.7 Å². The Morgan fingerprint density at radius 1 is 1.29 bits per heavy atom. The second-order valence-corrected chi connectivity index (χ2v) is 7.29. The van der Waals surface area contributed by atoms with E-state index < -0.39 is 10.0 Å². The number of thiazole rings is 1. The van der Waals surface area contributed by atoms with Crippen molar-refractivity contribution in [3.05, 3.63) is 39.3 Å². The highest BCUT2D eigenvalue weighted by Gasteiger charge is 2.17. The SMILES string of the molecule is O=S(=O)(Nc1ncc(C#CCO)s1)c1cc(Cl)cc(Cl)c1. The van der Waals surface area contributed by atoms with Crippen molar-refractivity contribution in [1.82, 2.24) is 4.98 Å². The minimum Gasteiger partial charge on any atom is -0.384 e. The Morgan fingerprint density at radius 2 is 1.95 bits per heavy atom. The Morgan fingerprint density at radius 3 is 2.57 bits per heavy atom. The summed E-state index contributed by atoms with van der Waals surface area (Å²) in [7, 11) is -3.83. The van der Waals surface area contributed by atoms with Crippen LogP contribution in [0, 0.1) is 11.8 Å². The summed E-state index contributed by atoms with van der Waals surface area (Å²) in [4.78, 5) is 4.38. The van der Waals surface area contributed by atoms with Crippen molar-refractivity contribution >= 4 is 49.7 Å². The van der Waals surface area contributed by atoms with Crippen LogP contribution in [0.3, 0.4) is 0 Å². The molecule has 21 heavy (non-hydrogen) atoms. The molecule has 0 saturated carbocycles. The Bertz CT molecular complexity index is 802. The lowest BCUT2D eigenvalue weighted by atomic mass is 10.4. The first-order valence-electron chi connectivity index (χ1n) is 5.45. The Balaban J connectivity index is 2.26. The van der Waals surface area contributed by atoms with Gasteiger partial charge in [-0.05, 0) is 18.2 Å². The van der Waals surface area contributed by atoms with E-state index in [9.17, 15) is 8.42 Å². The molecule has 0 saturated heterocycles. The number of aromatic nitrogens is 1. The zero-order valence-corrected chi connectivity index (χ0v) is 13.4. The van der Waals surface area contributed by atoms with Gasteiger partial charge >= 0.3 is 0 Å². The summed E-state index contributed by atoms with van der Waals surface area (Å²) in [5.41, 5.74) is 0. The Labute approximate surface area is 135 Å². The van der Waals surface area contributed by atoms with Gasteiger partial charge in [0.1, 0.15) is 6.61 Å². The third kappa shape index (κ3) is 4.33. The van der Waals surface area contributed by atoms with Crippen LogP contribution in [0.2, 0.25) is 10.0 Å². The smallest absolute Gasteiger partial charge is 0.263 e. The fraction of sp³-hybridized carbons (Fsp3) is 0.0833. The average molecular weight is 363 g/mol. The van der Waals surface area contributed by atoms with Gasteiger partial charge in [-0.15, -0.1) is 0 Å². The molecule has 2 aromatic rings. The molecule has 0 amide bonds. The predicted octanol–water partition coefficient (Wildman–Crippen LogP) is 2.59. The zero-order chi connectivity index (χ0) is 15.5. The molecule has 0 aliphatic carbocycles. The molecule has 1 aromatic carbocycles. The van der Waals surface area contributed by atoms with Crippen LogP contribution in [0.25, 0.3) is 0 Å². The monoisotopic (exact) mass is 362 g/mol. The van der Waals surface area contributed by atoms with Gasteiger partial charge in [0, 0.05) is 10.0 Å². The van der Waals surface area contributed by atoms with Crippen LogP contribution in [0.15, 0.2) is 29.3 Å². The van der Waals surface area contributed by atoms with E-state index in [1.807, 2.05) is 0 Å². The molecule has 0 bridgehead atoms. The third-order valence-corrected chi connectivity index (χ3v) is 4.88. The maximum absolute atomic E-state index is 12.2. The molecular formula is C12H8Cl2N2O3S2. The van der Waals surface area contributed by atoms with E-state index in [4.69, 9.17) is 28.3 Å². The van der Waals surface area contributed by atoms with Crippen molar-refractivity contribution in [1.29, 1.82) is 0 Å². The van der Waals surface area contributed by atoms with Gasteiger partial charge in [0.15, 0.2) is 5.13 Å². The number of nitrogens with one attached hydrogen (secondary N) is 1. The predicted molar refractivity (Wildman–Crippen MR) is 83.3 cm³/mol. The highest BCUT2D eigenvalue weighted by Crippen LogP contribution is 2.25. The van der Waals surface area contributed by atoms with E-state index in [0.717, 1.165) is 11.3 Å². The number of aliphatic hydroxyl groups is 1. The van der Waals surface area contributed by atoms with Gasteiger partial charge in [0.25, 0.3) is 10.0 Å². The lowest BCUT2D eigenvalue weighted by Gasteiger charge is -2.06. The minimum absolute atomic E-state index is 0.0572. The molecular weight excluding hydrogens is 355 g/mol. The van der Waals surface area contributed by atoms with E-state index in [2.05, 4.69) is 21.5 Å². The molecule has 0 unspecified atom stereocenters. The summed E-state index contributed by atoms with van der Waals surface area (Å²) in [5, 5.41) is 9.19. The third-order valence-electron chi connectivity index (χ3n) is 2.16. The number of hydrogen-bond acceptors (Lipinski definition) is 5. The van der Waals surface area contributed by atoms with Crippen molar-refractivity contribution in [3.63, 3.8) is 0 Å². The number of anilines is 1. The molecule has 0 spiro atoms. The average Bonchev–Trinajstić information content (AvgIpc) is 2.82. The summed E-state index contributed by atoms with van der Waals surface area (Å²) in [6, 6.07) is 4.01. The molecule has 110 valence electrons. The molecule has 0 atom stereocenters. The van der Waals surface area contributed by atoms with Crippen molar-refractivity contribution in [3.8, 4) is 11.8 Å². The lowest BCUT2D eigenvalue weighted by molar-refractivity contribution is 0.350. The van der Waals surface area contributed by atoms with E-state index in [1.165, 1.54) is 24.4 Å². The van der Waals surface area contributed by atoms with Gasteiger partial charge in [0.05, 0.1) is 16.0 Å². The van der Waals surface area contributed by atoms with Gasteiger partial charge < -0.3 is 5.11 Å². The first-order valence-corrected chi connectivity index (χ1v) is 8.51.